The summed E-state index contributed by atoms with van der Waals surface area (Å²) in [5.41, 5.74) is 0.909. The summed E-state index contributed by atoms with van der Waals surface area (Å²) in [6.45, 7) is -0.774. The first-order chi connectivity index (χ1) is 14.0. The van der Waals surface area contributed by atoms with Crippen molar-refractivity contribution in [2.45, 2.75) is 0 Å². The number of nitrogens with one attached hydrogen (secondary N) is 3. The van der Waals surface area contributed by atoms with E-state index in [-0.39, 0.29) is 31.7 Å². The van der Waals surface area contributed by atoms with E-state index >= 15 is 0 Å². The van der Waals surface area contributed by atoms with Crippen molar-refractivity contribution in [1.29, 1.82) is 0 Å². The molecule has 0 bridgehead atoms. The van der Waals surface area contributed by atoms with Crippen LogP contribution >= 0.6 is 0 Å². The number of hydrogen-bond acceptors (Lipinski definition) is 5. The van der Waals surface area contributed by atoms with Crippen LogP contribution in [0.1, 0.15) is 20.7 Å². The monoisotopic (exact) mass is 398 g/mol. The molecule has 29 heavy (non-hydrogen) atoms. The largest absolute Gasteiger partial charge is 0.480 e. The zero-order valence-corrected chi connectivity index (χ0v) is 15.6. The first-order valence-electron chi connectivity index (χ1n) is 8.83. The summed E-state index contributed by atoms with van der Waals surface area (Å²) >= 11 is 0. The molecule has 0 aliphatic rings. The third kappa shape index (κ3) is 7.81. The fourth-order valence-corrected chi connectivity index (χ4v) is 2.35. The number of hydrogen-bond donors (Lipinski definition) is 4. The maximum absolute atomic E-state index is 12.2. The minimum absolute atomic E-state index is 0.0245. The number of nitrogens with zero attached hydrogens (tertiary/aromatic N) is 1. The van der Waals surface area contributed by atoms with E-state index < -0.39 is 18.4 Å². The van der Waals surface area contributed by atoms with Crippen LogP contribution in [0.5, 0.6) is 0 Å². The van der Waals surface area contributed by atoms with Crippen LogP contribution in [0.25, 0.3) is 0 Å². The van der Waals surface area contributed by atoms with Gasteiger partial charge in [-0.1, -0.05) is 36.4 Å². The van der Waals surface area contributed by atoms with E-state index in [0.29, 0.717) is 11.1 Å². The van der Waals surface area contributed by atoms with E-state index in [0.717, 1.165) is 0 Å². The number of carboxylic acids is 1. The lowest BCUT2D eigenvalue weighted by Gasteiger charge is -2.22. The molecule has 2 aromatic carbocycles. The van der Waals surface area contributed by atoms with Crippen LogP contribution in [0.15, 0.2) is 60.7 Å². The van der Waals surface area contributed by atoms with Gasteiger partial charge in [0.25, 0.3) is 11.8 Å². The van der Waals surface area contributed by atoms with Crippen molar-refractivity contribution in [3.8, 4) is 0 Å². The highest BCUT2D eigenvalue weighted by molar-refractivity contribution is 5.94. The Hall–Kier alpha value is -3.72. The second-order valence-corrected chi connectivity index (χ2v) is 6.06. The smallest absolute Gasteiger partial charge is 0.322 e. The molecule has 9 nitrogen and oxygen atoms in total. The molecule has 0 radical (unpaired) electrons. The Morgan fingerprint density at radius 2 is 1.17 bits per heavy atom. The van der Waals surface area contributed by atoms with Crippen molar-refractivity contribution in [3.63, 3.8) is 0 Å². The highest BCUT2D eigenvalue weighted by atomic mass is 16.4. The van der Waals surface area contributed by atoms with Crippen LogP contribution < -0.4 is 16.0 Å². The molecule has 0 fully saturated rings. The lowest BCUT2D eigenvalue weighted by Crippen LogP contribution is -2.48. The van der Waals surface area contributed by atoms with Crippen LogP contribution in [0, 0.1) is 0 Å². The molecule has 0 atom stereocenters. The van der Waals surface area contributed by atoms with Gasteiger partial charge in [0.05, 0.1) is 19.9 Å². The summed E-state index contributed by atoms with van der Waals surface area (Å²) in [6, 6.07) is 17.1. The number of amides is 3. The van der Waals surface area contributed by atoms with Crippen LogP contribution in [0.4, 0.5) is 0 Å². The fourth-order valence-electron chi connectivity index (χ4n) is 2.35. The molecule has 0 saturated heterocycles. The van der Waals surface area contributed by atoms with Crippen molar-refractivity contribution >= 4 is 23.7 Å². The molecule has 152 valence electrons. The number of rotatable bonds is 10. The van der Waals surface area contributed by atoms with Gasteiger partial charge in [0, 0.05) is 11.1 Å². The van der Waals surface area contributed by atoms with Gasteiger partial charge in [-0.2, -0.15) is 0 Å². The molecule has 0 aliphatic carbocycles. The summed E-state index contributed by atoms with van der Waals surface area (Å²) in [5, 5.41) is 16.2. The average Bonchev–Trinajstić information content (AvgIpc) is 2.74. The molecule has 3 amide bonds. The van der Waals surface area contributed by atoms with Crippen molar-refractivity contribution in [2.24, 2.45) is 0 Å². The number of benzene rings is 2. The van der Waals surface area contributed by atoms with Gasteiger partial charge < -0.3 is 21.1 Å². The third-order valence-electron chi connectivity index (χ3n) is 3.80. The topological polar surface area (TPSA) is 128 Å². The second kappa shape index (κ2) is 11.2. The van der Waals surface area contributed by atoms with Gasteiger partial charge in [0.1, 0.15) is 6.54 Å². The van der Waals surface area contributed by atoms with Crippen LogP contribution in [0.3, 0.4) is 0 Å². The summed E-state index contributed by atoms with van der Waals surface area (Å²) in [7, 11) is 0. The van der Waals surface area contributed by atoms with Crippen molar-refractivity contribution in [3.05, 3.63) is 71.8 Å². The van der Waals surface area contributed by atoms with Gasteiger partial charge in [-0.25, -0.2) is 0 Å². The first-order valence-corrected chi connectivity index (χ1v) is 8.83. The lowest BCUT2D eigenvalue weighted by molar-refractivity contribution is -0.138. The zero-order valence-electron chi connectivity index (χ0n) is 15.6. The number of carbonyl (C=O) groups is 4. The molecule has 0 aliphatic heterocycles. The predicted octanol–water partition coefficient (Wildman–Crippen LogP) is 0.264. The van der Waals surface area contributed by atoms with Gasteiger partial charge in [-0.15, -0.1) is 0 Å². The van der Waals surface area contributed by atoms with E-state index in [1.807, 2.05) is 0 Å². The van der Waals surface area contributed by atoms with Crippen LogP contribution in [0.2, 0.25) is 0 Å². The van der Waals surface area contributed by atoms with E-state index in [1.165, 1.54) is 4.90 Å². The first kappa shape index (κ1) is 21.6. The molecule has 4 N–H and O–H groups in total. The molecule has 0 aromatic heterocycles. The minimum atomic E-state index is -1.17. The minimum Gasteiger partial charge on any atom is -0.480 e. The van der Waals surface area contributed by atoms with Gasteiger partial charge in [0.2, 0.25) is 5.91 Å². The van der Waals surface area contributed by atoms with E-state index in [1.54, 1.807) is 60.7 Å². The Morgan fingerprint density at radius 1 is 0.724 bits per heavy atom. The lowest BCUT2D eigenvalue weighted by atomic mass is 10.2. The van der Waals surface area contributed by atoms with Gasteiger partial charge in [-0.3, -0.25) is 24.1 Å². The summed E-state index contributed by atoms with van der Waals surface area (Å²) in [5.74, 6) is -2.39. The Bertz CT molecular complexity index is 787. The molecule has 2 rings (SSSR count). The maximum atomic E-state index is 12.2. The van der Waals surface area contributed by atoms with Crippen molar-refractivity contribution in [1.82, 2.24) is 20.9 Å². The summed E-state index contributed by atoms with van der Waals surface area (Å²) in [4.78, 5) is 48.4. The predicted molar refractivity (Wildman–Crippen MR) is 105 cm³/mol. The molecule has 0 spiro atoms. The molecule has 0 saturated carbocycles. The van der Waals surface area contributed by atoms with E-state index in [4.69, 9.17) is 5.11 Å². The summed E-state index contributed by atoms with van der Waals surface area (Å²) < 4.78 is 0. The van der Waals surface area contributed by atoms with Crippen LogP contribution in [-0.2, 0) is 9.59 Å². The summed E-state index contributed by atoms with van der Waals surface area (Å²) in [6.07, 6.45) is 0. The maximum Gasteiger partial charge on any atom is 0.322 e. The quantitative estimate of drug-likeness (QED) is 0.425. The normalized spacial score (nSPS) is 10.2. The number of aliphatic carboxylic acids is 1. The Kier molecular flexibility index (Phi) is 8.33. The Morgan fingerprint density at radius 3 is 1.59 bits per heavy atom. The molecular formula is C20H22N4O5. The van der Waals surface area contributed by atoms with Crippen molar-refractivity contribution < 1.29 is 24.3 Å². The molecule has 2 aromatic rings. The molecular weight excluding hydrogens is 376 g/mol. The number of carbonyl (C=O) groups excluding carboxylic acids is 3. The zero-order chi connectivity index (χ0) is 21.1. The average molecular weight is 398 g/mol. The Balaban J connectivity index is 1.94. The van der Waals surface area contributed by atoms with Crippen LogP contribution in [-0.4, -0.2) is 60.1 Å². The van der Waals surface area contributed by atoms with E-state index in [9.17, 15) is 19.2 Å². The van der Waals surface area contributed by atoms with Crippen molar-refractivity contribution in [2.75, 3.05) is 26.4 Å². The molecule has 0 unspecified atom stereocenters. The third-order valence-corrected chi connectivity index (χ3v) is 3.80. The SMILES string of the molecule is O=C(O)CNC(=O)CN(CNC(=O)c1ccccc1)CNC(=O)c1ccccc1. The van der Waals surface area contributed by atoms with Gasteiger partial charge in [-0.05, 0) is 24.3 Å². The second-order valence-electron chi connectivity index (χ2n) is 6.06. The fraction of sp³-hybridized carbons (Fsp3) is 0.200. The van der Waals surface area contributed by atoms with E-state index in [2.05, 4.69) is 16.0 Å². The standard InChI is InChI=1S/C20H22N4O5/c25-17(21-11-18(26)27)12-24(13-22-19(28)15-7-3-1-4-8-15)14-23-20(29)16-9-5-2-6-10-16/h1-10H,11-14H2,(H,21,25)(H,22,28)(H,23,29)(H,26,27). The molecule has 9 heteroatoms. The highest BCUT2D eigenvalue weighted by Gasteiger charge is 2.15. The highest BCUT2D eigenvalue weighted by Crippen LogP contribution is 1.99. The Labute approximate surface area is 167 Å². The van der Waals surface area contributed by atoms with Gasteiger partial charge >= 0.3 is 5.97 Å². The van der Waals surface area contributed by atoms with Gasteiger partial charge in [0.15, 0.2) is 0 Å². The molecule has 0 heterocycles. The number of carboxylic acid groups (broad SMARTS) is 1.